The molecular formula is C10H20ClNO2. The zero-order valence-electron chi connectivity index (χ0n) is 8.69. The van der Waals surface area contributed by atoms with E-state index in [0.29, 0.717) is 6.54 Å². The topological polar surface area (TPSA) is 43.7 Å². The molecular weight excluding hydrogens is 202 g/mol. The summed E-state index contributed by atoms with van der Waals surface area (Å²) in [4.78, 5) is 2.02. The van der Waals surface area contributed by atoms with E-state index in [0.717, 1.165) is 19.3 Å². The lowest BCUT2D eigenvalue weighted by atomic mass is 9.91. The fourth-order valence-electron chi connectivity index (χ4n) is 2.12. The highest BCUT2D eigenvalue weighted by atomic mass is 35.5. The maximum Gasteiger partial charge on any atom is 0.0802 e. The van der Waals surface area contributed by atoms with Crippen molar-refractivity contribution in [3.05, 3.63) is 0 Å². The van der Waals surface area contributed by atoms with Crippen molar-refractivity contribution >= 4 is 11.6 Å². The predicted octanol–water partition coefficient (Wildman–Crippen LogP) is 0.821. The summed E-state index contributed by atoms with van der Waals surface area (Å²) in [5.41, 5.74) is 0. The van der Waals surface area contributed by atoms with Crippen LogP contribution in [-0.4, -0.2) is 52.8 Å². The van der Waals surface area contributed by atoms with Gasteiger partial charge in [0.25, 0.3) is 0 Å². The number of halogens is 1. The molecule has 0 spiro atoms. The minimum Gasteiger partial charge on any atom is -0.391 e. The van der Waals surface area contributed by atoms with Gasteiger partial charge in [-0.05, 0) is 19.9 Å². The normalized spacial score (nSPS) is 30.6. The number of nitrogens with zero attached hydrogens (tertiary/aromatic N) is 1. The lowest BCUT2D eigenvalue weighted by Gasteiger charge is -2.35. The smallest absolute Gasteiger partial charge is 0.0802 e. The molecule has 0 amide bonds. The zero-order valence-corrected chi connectivity index (χ0v) is 9.45. The SMILES string of the molecule is CN(CC(O)CCl)C1CCCCC1O. The van der Waals surface area contributed by atoms with Crippen LogP contribution in [0.3, 0.4) is 0 Å². The van der Waals surface area contributed by atoms with E-state index >= 15 is 0 Å². The number of hydrogen-bond acceptors (Lipinski definition) is 3. The van der Waals surface area contributed by atoms with Gasteiger partial charge in [-0.25, -0.2) is 0 Å². The average molecular weight is 222 g/mol. The Bertz CT molecular complexity index is 168. The van der Waals surface area contributed by atoms with Crippen molar-refractivity contribution in [3.63, 3.8) is 0 Å². The summed E-state index contributed by atoms with van der Waals surface area (Å²) in [5, 5.41) is 19.2. The first-order valence-corrected chi connectivity index (χ1v) is 5.81. The third-order valence-electron chi connectivity index (χ3n) is 2.94. The standard InChI is InChI=1S/C10H20ClNO2/c1-12(7-8(13)6-11)9-4-2-3-5-10(9)14/h8-10,13-14H,2-7H2,1H3. The molecule has 3 atom stereocenters. The van der Waals surface area contributed by atoms with Crippen LogP contribution >= 0.6 is 11.6 Å². The fourth-order valence-corrected chi connectivity index (χ4v) is 2.22. The molecule has 0 aromatic rings. The number of rotatable bonds is 4. The van der Waals surface area contributed by atoms with Crippen molar-refractivity contribution in [2.75, 3.05) is 19.5 Å². The molecule has 0 heterocycles. The van der Waals surface area contributed by atoms with Crippen molar-refractivity contribution in [1.29, 1.82) is 0 Å². The van der Waals surface area contributed by atoms with Gasteiger partial charge in [-0.15, -0.1) is 11.6 Å². The highest BCUT2D eigenvalue weighted by molar-refractivity contribution is 6.18. The van der Waals surface area contributed by atoms with E-state index in [-0.39, 0.29) is 18.0 Å². The first-order valence-electron chi connectivity index (χ1n) is 5.27. The van der Waals surface area contributed by atoms with Gasteiger partial charge in [0, 0.05) is 18.5 Å². The molecule has 0 bridgehead atoms. The van der Waals surface area contributed by atoms with E-state index in [1.807, 2.05) is 11.9 Å². The Kier molecular flexibility index (Phi) is 5.17. The molecule has 3 unspecified atom stereocenters. The molecule has 2 N–H and O–H groups in total. The average Bonchev–Trinajstić information content (AvgIpc) is 2.18. The number of alkyl halides is 1. The first kappa shape index (κ1) is 12.2. The molecule has 0 aromatic heterocycles. The van der Waals surface area contributed by atoms with Crippen LogP contribution in [0.15, 0.2) is 0 Å². The summed E-state index contributed by atoms with van der Waals surface area (Å²) >= 11 is 5.53. The first-order chi connectivity index (χ1) is 6.65. The summed E-state index contributed by atoms with van der Waals surface area (Å²) in [7, 11) is 1.94. The van der Waals surface area contributed by atoms with Crippen molar-refractivity contribution < 1.29 is 10.2 Å². The van der Waals surface area contributed by atoms with Crippen LogP contribution in [0.1, 0.15) is 25.7 Å². The predicted molar refractivity (Wildman–Crippen MR) is 57.6 cm³/mol. The Hall–Kier alpha value is 0.170. The van der Waals surface area contributed by atoms with Crippen LogP contribution in [0.2, 0.25) is 0 Å². The maximum atomic E-state index is 9.77. The van der Waals surface area contributed by atoms with Crippen molar-refractivity contribution in [2.24, 2.45) is 0 Å². The zero-order chi connectivity index (χ0) is 10.6. The molecule has 0 aromatic carbocycles. The molecule has 1 rings (SSSR count). The van der Waals surface area contributed by atoms with Crippen LogP contribution in [0.25, 0.3) is 0 Å². The van der Waals surface area contributed by atoms with Crippen LogP contribution in [0, 0.1) is 0 Å². The molecule has 0 radical (unpaired) electrons. The Morgan fingerprint density at radius 3 is 2.64 bits per heavy atom. The molecule has 84 valence electrons. The van der Waals surface area contributed by atoms with E-state index < -0.39 is 6.10 Å². The molecule has 14 heavy (non-hydrogen) atoms. The van der Waals surface area contributed by atoms with E-state index in [1.54, 1.807) is 0 Å². The molecule has 0 saturated heterocycles. The summed E-state index contributed by atoms with van der Waals surface area (Å²) in [6.45, 7) is 0.547. The molecule has 1 aliphatic carbocycles. The van der Waals surface area contributed by atoms with E-state index in [9.17, 15) is 10.2 Å². The van der Waals surface area contributed by atoms with Gasteiger partial charge in [-0.2, -0.15) is 0 Å². The van der Waals surface area contributed by atoms with Crippen LogP contribution < -0.4 is 0 Å². The number of likely N-dealkylation sites (N-methyl/N-ethyl adjacent to an activating group) is 1. The molecule has 1 saturated carbocycles. The molecule has 3 nitrogen and oxygen atoms in total. The molecule has 1 aliphatic rings. The Morgan fingerprint density at radius 1 is 1.43 bits per heavy atom. The van der Waals surface area contributed by atoms with Gasteiger partial charge < -0.3 is 10.2 Å². The van der Waals surface area contributed by atoms with E-state index in [2.05, 4.69) is 0 Å². The summed E-state index contributed by atoms with van der Waals surface area (Å²) in [5.74, 6) is 0.257. The van der Waals surface area contributed by atoms with Crippen LogP contribution in [0.5, 0.6) is 0 Å². The maximum absolute atomic E-state index is 9.77. The quantitative estimate of drug-likeness (QED) is 0.691. The number of hydrogen-bond donors (Lipinski definition) is 2. The summed E-state index contributed by atoms with van der Waals surface area (Å²) in [6, 6.07) is 0.196. The Morgan fingerprint density at radius 2 is 2.07 bits per heavy atom. The van der Waals surface area contributed by atoms with Gasteiger partial charge in [0.05, 0.1) is 12.2 Å². The van der Waals surface area contributed by atoms with Gasteiger partial charge in [0.15, 0.2) is 0 Å². The summed E-state index contributed by atoms with van der Waals surface area (Å²) < 4.78 is 0. The van der Waals surface area contributed by atoms with Crippen molar-refractivity contribution in [1.82, 2.24) is 4.90 Å². The van der Waals surface area contributed by atoms with Crippen molar-refractivity contribution in [2.45, 2.75) is 43.9 Å². The Balaban J connectivity index is 2.37. The van der Waals surface area contributed by atoms with Gasteiger partial charge in [-0.1, -0.05) is 12.8 Å². The second-order valence-electron chi connectivity index (χ2n) is 4.17. The van der Waals surface area contributed by atoms with Gasteiger partial charge in [0.2, 0.25) is 0 Å². The minimum atomic E-state index is -0.490. The third-order valence-corrected chi connectivity index (χ3v) is 3.29. The van der Waals surface area contributed by atoms with Gasteiger partial charge >= 0.3 is 0 Å². The molecule has 0 aliphatic heterocycles. The second-order valence-corrected chi connectivity index (χ2v) is 4.48. The highest BCUT2D eigenvalue weighted by Crippen LogP contribution is 2.22. The minimum absolute atomic E-state index is 0.196. The van der Waals surface area contributed by atoms with E-state index in [4.69, 9.17) is 11.6 Å². The molecule has 1 fully saturated rings. The number of aliphatic hydroxyl groups excluding tert-OH is 2. The van der Waals surface area contributed by atoms with Crippen LogP contribution in [0.4, 0.5) is 0 Å². The third kappa shape index (κ3) is 3.39. The largest absolute Gasteiger partial charge is 0.391 e. The van der Waals surface area contributed by atoms with Crippen LogP contribution in [-0.2, 0) is 0 Å². The lowest BCUT2D eigenvalue weighted by molar-refractivity contribution is 0.0149. The second kappa shape index (κ2) is 5.91. The fraction of sp³-hybridized carbons (Fsp3) is 1.00. The lowest BCUT2D eigenvalue weighted by Crippen LogP contribution is -2.46. The Labute approximate surface area is 90.7 Å². The van der Waals surface area contributed by atoms with E-state index in [1.165, 1.54) is 6.42 Å². The highest BCUT2D eigenvalue weighted by Gasteiger charge is 2.27. The van der Waals surface area contributed by atoms with Crippen molar-refractivity contribution in [3.8, 4) is 0 Å². The monoisotopic (exact) mass is 221 g/mol. The molecule has 4 heteroatoms. The number of aliphatic hydroxyl groups is 2. The summed E-state index contributed by atoms with van der Waals surface area (Å²) in [6.07, 6.45) is 3.46. The van der Waals surface area contributed by atoms with Gasteiger partial charge in [-0.3, -0.25) is 4.90 Å². The van der Waals surface area contributed by atoms with Gasteiger partial charge in [0.1, 0.15) is 0 Å².